The number of aliphatic hydroxyl groups is 1. The molecule has 2 aliphatic heterocycles. The monoisotopic (exact) mass is 679 g/mol. The molecule has 1 spiro atoms. The molecular formula is C27H42BN9O9S. The van der Waals surface area contributed by atoms with E-state index in [1.54, 1.807) is 0 Å². The number of rotatable bonds is 9. The Morgan fingerprint density at radius 3 is 2.32 bits per heavy atom. The molecule has 8 amide bonds. The minimum Gasteiger partial charge on any atom is -0.394 e. The van der Waals surface area contributed by atoms with Crippen molar-refractivity contribution in [3.8, 4) is 0 Å². The van der Waals surface area contributed by atoms with Gasteiger partial charge in [-0.25, -0.2) is 0 Å². The highest BCUT2D eigenvalue weighted by atomic mass is 32.2. The van der Waals surface area contributed by atoms with Gasteiger partial charge in [-0.3, -0.25) is 38.4 Å². The predicted molar refractivity (Wildman–Crippen MR) is 169 cm³/mol. The molecule has 0 aromatic rings. The molecule has 20 heteroatoms. The van der Waals surface area contributed by atoms with Crippen LogP contribution in [0.25, 0.3) is 0 Å². The van der Waals surface area contributed by atoms with Gasteiger partial charge in [0.25, 0.3) is 0 Å². The Bertz CT molecular complexity index is 1250. The van der Waals surface area contributed by atoms with E-state index in [2.05, 4.69) is 42.4 Å². The van der Waals surface area contributed by atoms with Gasteiger partial charge < -0.3 is 53.3 Å². The highest BCUT2D eigenvalue weighted by Crippen LogP contribution is 2.23. The smallest absolute Gasteiger partial charge is 0.248 e. The molecule has 2 heterocycles. The van der Waals surface area contributed by atoms with Crippen LogP contribution in [0.4, 0.5) is 0 Å². The number of primary amides is 1. The minimum atomic E-state index is -2.07. The van der Waals surface area contributed by atoms with Crippen molar-refractivity contribution in [2.45, 2.75) is 82.2 Å². The lowest BCUT2D eigenvalue weighted by molar-refractivity contribution is -0.138. The molecule has 2 aliphatic rings. The number of nitrogens with one attached hydrogen (secondary N) is 8. The number of hydrogen-bond acceptors (Lipinski definition) is 11. The topological polar surface area (TPSA) is 279 Å². The molecule has 47 heavy (non-hydrogen) atoms. The maximum absolute atomic E-state index is 14.3. The quantitative estimate of drug-likeness (QED) is 0.103. The van der Waals surface area contributed by atoms with Crippen LogP contribution in [0.2, 0.25) is 0 Å². The van der Waals surface area contributed by atoms with E-state index in [0.717, 1.165) is 11.8 Å². The van der Waals surface area contributed by atoms with Crippen molar-refractivity contribution in [3.63, 3.8) is 0 Å². The summed E-state index contributed by atoms with van der Waals surface area (Å²) in [6.07, 6.45) is 0.0662. The third-order valence-corrected chi connectivity index (χ3v) is 8.23. The molecule has 2 radical (unpaired) electrons. The van der Waals surface area contributed by atoms with Crippen LogP contribution in [-0.2, 0) is 38.4 Å². The molecular weight excluding hydrogens is 637 g/mol. The first-order valence-electron chi connectivity index (χ1n) is 14.9. The standard InChI is InChI=1S/C27H42BN9O9S/c1-13(2)8-16-22(42)31-10-20(40)36-27(9-17(25(45)32-16)33-21(41)14(3)37-28)12-47-7-6-30-23(43)18(11-38)34-24(44)15(35-26(27)46)4-5-19(29)39/h6-7,13-18,37-38H,4-5,8-12H2,1-3H3,(H2,29,39)(H,30,43)(H,31,42)(H,32,45)(H,33,41)(H,34,44)(H,35,46)(H,36,40)/b7-6-. The van der Waals surface area contributed by atoms with Crippen LogP contribution in [0.15, 0.2) is 11.6 Å². The molecule has 0 aromatic heterocycles. The van der Waals surface area contributed by atoms with Crippen LogP contribution in [0, 0.1) is 5.92 Å². The maximum Gasteiger partial charge on any atom is 0.248 e. The Kier molecular flexibility index (Phi) is 15.1. The van der Waals surface area contributed by atoms with Crippen LogP contribution >= 0.6 is 11.8 Å². The zero-order chi connectivity index (χ0) is 35.3. The lowest BCUT2D eigenvalue weighted by Crippen LogP contribution is -2.67. The van der Waals surface area contributed by atoms with Gasteiger partial charge in [0.1, 0.15) is 29.7 Å². The Balaban J connectivity index is 2.70. The van der Waals surface area contributed by atoms with E-state index in [0.29, 0.717) is 0 Å². The van der Waals surface area contributed by atoms with E-state index in [1.165, 1.54) is 18.5 Å². The third-order valence-electron chi connectivity index (χ3n) is 7.24. The van der Waals surface area contributed by atoms with Crippen molar-refractivity contribution < 1.29 is 43.5 Å². The molecule has 2 rings (SSSR count). The lowest BCUT2D eigenvalue weighted by Gasteiger charge is -2.37. The second kappa shape index (κ2) is 18.2. The number of carbonyl (C=O) groups is 8. The van der Waals surface area contributed by atoms with Crippen LogP contribution in [0.5, 0.6) is 0 Å². The van der Waals surface area contributed by atoms with Crippen LogP contribution in [-0.4, -0.2) is 115 Å². The van der Waals surface area contributed by atoms with Gasteiger partial charge in [-0.05, 0) is 31.1 Å². The van der Waals surface area contributed by atoms with Gasteiger partial charge in [-0.15, -0.1) is 11.8 Å². The first-order valence-corrected chi connectivity index (χ1v) is 15.9. The fraction of sp³-hybridized carbons (Fsp3) is 0.630. The minimum absolute atomic E-state index is 0.0652. The summed E-state index contributed by atoms with van der Waals surface area (Å²) in [7, 11) is 5.41. The summed E-state index contributed by atoms with van der Waals surface area (Å²) in [4.78, 5) is 105. The van der Waals surface area contributed by atoms with Gasteiger partial charge in [-0.1, -0.05) is 13.8 Å². The fourth-order valence-corrected chi connectivity index (χ4v) is 5.51. The molecule has 258 valence electrons. The van der Waals surface area contributed by atoms with Crippen molar-refractivity contribution in [3.05, 3.63) is 11.6 Å². The van der Waals surface area contributed by atoms with Gasteiger partial charge in [0.05, 0.1) is 19.2 Å². The molecule has 6 unspecified atom stereocenters. The number of hydrogen-bond donors (Lipinski definition) is 10. The number of aliphatic hydroxyl groups excluding tert-OH is 1. The molecule has 18 nitrogen and oxygen atoms in total. The summed E-state index contributed by atoms with van der Waals surface area (Å²) < 4.78 is 0. The Morgan fingerprint density at radius 2 is 1.70 bits per heavy atom. The van der Waals surface area contributed by atoms with Crippen molar-refractivity contribution >= 4 is 67.0 Å². The second-order valence-electron chi connectivity index (χ2n) is 11.6. The average molecular weight is 680 g/mol. The number of nitrogens with two attached hydrogens (primary N) is 1. The van der Waals surface area contributed by atoms with Gasteiger partial charge in [0.2, 0.25) is 47.3 Å². The van der Waals surface area contributed by atoms with Crippen molar-refractivity contribution in [1.29, 1.82) is 0 Å². The second-order valence-corrected chi connectivity index (χ2v) is 12.5. The largest absolute Gasteiger partial charge is 0.394 e. The summed E-state index contributed by atoms with van der Waals surface area (Å²) in [5.41, 5.74) is 3.21. The van der Waals surface area contributed by atoms with Crippen LogP contribution in [0.1, 0.15) is 46.5 Å². The normalized spacial score (nSPS) is 27.9. The van der Waals surface area contributed by atoms with Crippen molar-refractivity contribution in [1.82, 2.24) is 42.4 Å². The molecule has 1 fully saturated rings. The van der Waals surface area contributed by atoms with E-state index in [-0.39, 0.29) is 30.9 Å². The molecule has 11 N–H and O–H groups in total. The molecule has 6 atom stereocenters. The predicted octanol–water partition coefficient (Wildman–Crippen LogP) is -5.00. The van der Waals surface area contributed by atoms with Crippen molar-refractivity contribution in [2.75, 3.05) is 18.9 Å². The average Bonchev–Trinajstić information content (AvgIpc) is 3.02. The zero-order valence-corrected chi connectivity index (χ0v) is 27.2. The first kappa shape index (κ1) is 39.0. The summed E-state index contributed by atoms with van der Waals surface area (Å²) in [6, 6.07) is -6.58. The van der Waals surface area contributed by atoms with E-state index >= 15 is 0 Å². The van der Waals surface area contributed by atoms with Gasteiger partial charge in [0.15, 0.2) is 7.98 Å². The highest BCUT2D eigenvalue weighted by Gasteiger charge is 2.46. The number of thioether (sulfide) groups is 1. The Hall–Kier alpha value is -4.17. The molecule has 0 aromatic carbocycles. The van der Waals surface area contributed by atoms with Crippen LogP contribution in [0.3, 0.4) is 0 Å². The summed E-state index contributed by atoms with van der Waals surface area (Å²) in [5.74, 6) is -7.06. The molecule has 0 aliphatic carbocycles. The summed E-state index contributed by atoms with van der Waals surface area (Å²) >= 11 is 0.916. The lowest BCUT2D eigenvalue weighted by atomic mass is 9.89. The number of amides is 8. The fourth-order valence-electron chi connectivity index (χ4n) is 4.64. The SMILES string of the molecule is [B]NC(C)C(=O)NC1CC2(CS/C=C\NC(=O)C(CO)NC(=O)C(CCC(N)=O)NC2=O)NC(=O)CNC(=O)C(CC(C)C)NC1=O. The van der Waals surface area contributed by atoms with E-state index in [1.807, 2.05) is 13.8 Å². The zero-order valence-electron chi connectivity index (χ0n) is 26.3. The highest BCUT2D eigenvalue weighted by molar-refractivity contribution is 8.02. The third kappa shape index (κ3) is 11.9. The molecule has 0 bridgehead atoms. The van der Waals surface area contributed by atoms with E-state index < -0.39 is 103 Å². The van der Waals surface area contributed by atoms with E-state index in [9.17, 15) is 43.5 Å². The molecule has 0 saturated carbocycles. The van der Waals surface area contributed by atoms with Crippen molar-refractivity contribution in [2.24, 2.45) is 11.7 Å². The maximum atomic E-state index is 14.3. The van der Waals surface area contributed by atoms with Gasteiger partial charge in [-0.2, -0.15) is 0 Å². The number of carbonyl (C=O) groups excluding carboxylic acids is 8. The van der Waals surface area contributed by atoms with Gasteiger partial charge in [0, 0.05) is 24.8 Å². The van der Waals surface area contributed by atoms with Gasteiger partial charge >= 0.3 is 0 Å². The Labute approximate surface area is 277 Å². The first-order chi connectivity index (χ1) is 22.1. The Morgan fingerprint density at radius 1 is 1.02 bits per heavy atom. The summed E-state index contributed by atoms with van der Waals surface area (Å²) in [5, 5.41) is 30.6. The molecule has 1 saturated heterocycles. The summed E-state index contributed by atoms with van der Waals surface area (Å²) in [6.45, 7) is 3.65. The van der Waals surface area contributed by atoms with Crippen LogP contribution < -0.4 is 48.2 Å². The van der Waals surface area contributed by atoms with E-state index in [4.69, 9.17) is 13.7 Å².